The lowest BCUT2D eigenvalue weighted by molar-refractivity contribution is 0.0739. The fourth-order valence-corrected chi connectivity index (χ4v) is 2.69. The van der Waals surface area contributed by atoms with Crippen LogP contribution in [0.15, 0.2) is 18.2 Å². The van der Waals surface area contributed by atoms with Crippen molar-refractivity contribution < 1.29 is 4.79 Å². The number of amides is 1. The summed E-state index contributed by atoms with van der Waals surface area (Å²) in [4.78, 5) is 14.9. The van der Waals surface area contributed by atoms with Gasteiger partial charge in [-0.25, -0.2) is 0 Å². The molecule has 0 radical (unpaired) electrons. The van der Waals surface area contributed by atoms with E-state index in [1.54, 1.807) is 0 Å². The highest BCUT2D eigenvalue weighted by Crippen LogP contribution is 2.34. The van der Waals surface area contributed by atoms with Crippen molar-refractivity contribution in [2.24, 2.45) is 11.8 Å². The Morgan fingerprint density at radius 2 is 1.80 bits per heavy atom. The molecule has 3 nitrogen and oxygen atoms in total. The number of hydrogen-bond acceptors (Lipinski definition) is 2. The molecule has 1 aromatic carbocycles. The minimum absolute atomic E-state index is 0.226. The Morgan fingerprint density at radius 1 is 1.20 bits per heavy atom. The van der Waals surface area contributed by atoms with Crippen LogP contribution in [-0.4, -0.2) is 30.9 Å². The number of anilines is 1. The number of carbonyl (C=O) groups is 1. The van der Waals surface area contributed by atoms with E-state index in [0.29, 0.717) is 0 Å². The van der Waals surface area contributed by atoms with Crippen LogP contribution in [0.4, 0.5) is 5.69 Å². The van der Waals surface area contributed by atoms with Crippen LogP contribution in [0, 0.1) is 18.8 Å². The van der Waals surface area contributed by atoms with Crippen LogP contribution in [0.5, 0.6) is 0 Å². The summed E-state index contributed by atoms with van der Waals surface area (Å²) in [6.07, 6.45) is 5.19. The lowest BCUT2D eigenvalue weighted by Crippen LogP contribution is -2.35. The number of nitrogens with zero attached hydrogens (tertiary/aromatic N) is 1. The molecular formula is C17H24N2O. The molecule has 3 heteroatoms. The van der Waals surface area contributed by atoms with Crippen molar-refractivity contribution >= 4 is 11.6 Å². The maximum atomic E-state index is 12.8. The highest BCUT2D eigenvalue weighted by Gasteiger charge is 2.32. The number of aryl methyl sites for hydroxylation is 1. The fraction of sp³-hybridized carbons (Fsp3) is 0.588. The molecule has 2 aliphatic rings. The maximum absolute atomic E-state index is 12.8. The summed E-state index contributed by atoms with van der Waals surface area (Å²) in [6.45, 7) is 3.95. The van der Waals surface area contributed by atoms with Gasteiger partial charge in [-0.1, -0.05) is 0 Å². The molecule has 0 saturated heterocycles. The standard InChI is InChI=1S/C17H24N2O/c1-12-9-15(18-2)7-8-16(12)17(20)19(10-13-3-4-13)11-14-5-6-14/h7-9,13-14,18H,3-6,10-11H2,1-2H3. The van der Waals surface area contributed by atoms with Gasteiger partial charge < -0.3 is 10.2 Å². The van der Waals surface area contributed by atoms with Gasteiger partial charge in [0.15, 0.2) is 0 Å². The molecule has 108 valence electrons. The minimum atomic E-state index is 0.226. The smallest absolute Gasteiger partial charge is 0.254 e. The largest absolute Gasteiger partial charge is 0.388 e. The Kier molecular flexibility index (Phi) is 3.68. The quantitative estimate of drug-likeness (QED) is 0.861. The molecule has 0 bridgehead atoms. The van der Waals surface area contributed by atoms with Gasteiger partial charge in [0, 0.05) is 31.4 Å². The van der Waals surface area contributed by atoms with Gasteiger partial charge in [0.25, 0.3) is 5.91 Å². The molecule has 3 rings (SSSR count). The van der Waals surface area contributed by atoms with Gasteiger partial charge in [-0.3, -0.25) is 4.79 Å². The van der Waals surface area contributed by atoms with Gasteiger partial charge in [-0.2, -0.15) is 0 Å². The van der Waals surface area contributed by atoms with Crippen LogP contribution in [0.25, 0.3) is 0 Å². The normalized spacial score (nSPS) is 17.9. The van der Waals surface area contributed by atoms with Crippen LogP contribution >= 0.6 is 0 Å². The van der Waals surface area contributed by atoms with E-state index in [0.717, 1.165) is 41.7 Å². The molecule has 2 fully saturated rings. The third kappa shape index (κ3) is 3.14. The van der Waals surface area contributed by atoms with Crippen LogP contribution in [-0.2, 0) is 0 Å². The second-order valence-electron chi connectivity index (χ2n) is 6.38. The number of rotatable bonds is 6. The van der Waals surface area contributed by atoms with E-state index in [9.17, 15) is 4.79 Å². The minimum Gasteiger partial charge on any atom is -0.388 e. The Balaban J connectivity index is 1.76. The molecule has 20 heavy (non-hydrogen) atoms. The zero-order valence-electron chi connectivity index (χ0n) is 12.5. The first-order chi connectivity index (χ1) is 9.67. The second-order valence-corrected chi connectivity index (χ2v) is 6.38. The highest BCUT2D eigenvalue weighted by atomic mass is 16.2. The zero-order valence-corrected chi connectivity index (χ0v) is 12.5. The van der Waals surface area contributed by atoms with Crippen LogP contribution in [0.1, 0.15) is 41.6 Å². The van der Waals surface area contributed by atoms with Crippen LogP contribution < -0.4 is 5.32 Å². The van der Waals surface area contributed by atoms with Gasteiger partial charge in [0.05, 0.1) is 0 Å². The monoisotopic (exact) mass is 272 g/mol. The van der Waals surface area contributed by atoms with Crippen molar-refractivity contribution in [3.8, 4) is 0 Å². The number of hydrogen-bond donors (Lipinski definition) is 1. The predicted octanol–water partition coefficient (Wildman–Crippen LogP) is 3.30. The van der Waals surface area contributed by atoms with E-state index < -0.39 is 0 Å². The molecule has 0 aliphatic heterocycles. The molecule has 2 aliphatic carbocycles. The second kappa shape index (κ2) is 5.47. The molecule has 1 aromatic rings. The number of nitrogens with one attached hydrogen (secondary N) is 1. The van der Waals surface area contributed by atoms with E-state index in [2.05, 4.69) is 16.3 Å². The van der Waals surface area contributed by atoms with Gasteiger partial charge >= 0.3 is 0 Å². The van der Waals surface area contributed by atoms with Gasteiger partial charge in [0.1, 0.15) is 0 Å². The number of benzene rings is 1. The Bertz CT molecular complexity index is 490. The fourth-order valence-electron chi connectivity index (χ4n) is 2.69. The van der Waals surface area contributed by atoms with Crippen molar-refractivity contribution in [2.45, 2.75) is 32.6 Å². The van der Waals surface area contributed by atoms with Crippen molar-refractivity contribution in [3.05, 3.63) is 29.3 Å². The third-order valence-corrected chi connectivity index (χ3v) is 4.38. The highest BCUT2D eigenvalue weighted by molar-refractivity contribution is 5.96. The summed E-state index contributed by atoms with van der Waals surface area (Å²) >= 11 is 0. The summed E-state index contributed by atoms with van der Waals surface area (Å²) < 4.78 is 0. The molecule has 1 amide bonds. The summed E-state index contributed by atoms with van der Waals surface area (Å²) in [7, 11) is 1.91. The van der Waals surface area contributed by atoms with Crippen molar-refractivity contribution in [1.29, 1.82) is 0 Å². The van der Waals surface area contributed by atoms with Crippen LogP contribution in [0.3, 0.4) is 0 Å². The van der Waals surface area contributed by atoms with E-state index in [-0.39, 0.29) is 5.91 Å². The SMILES string of the molecule is CNc1ccc(C(=O)N(CC2CC2)CC2CC2)c(C)c1. The molecule has 0 aromatic heterocycles. The topological polar surface area (TPSA) is 32.3 Å². The molecular weight excluding hydrogens is 248 g/mol. The van der Waals surface area contributed by atoms with E-state index in [1.807, 2.05) is 26.1 Å². The molecule has 1 N–H and O–H groups in total. The first kappa shape index (κ1) is 13.5. The summed E-state index contributed by atoms with van der Waals surface area (Å²) in [5.41, 5.74) is 3.00. The van der Waals surface area contributed by atoms with Gasteiger partial charge in [-0.05, 0) is 68.2 Å². The average molecular weight is 272 g/mol. The lowest BCUT2D eigenvalue weighted by atomic mass is 10.1. The summed E-state index contributed by atoms with van der Waals surface area (Å²) in [5, 5.41) is 3.12. The summed E-state index contributed by atoms with van der Waals surface area (Å²) in [5.74, 6) is 1.74. The van der Waals surface area contributed by atoms with E-state index >= 15 is 0 Å². The predicted molar refractivity (Wildman–Crippen MR) is 82.1 cm³/mol. The Morgan fingerprint density at radius 3 is 2.25 bits per heavy atom. The Hall–Kier alpha value is -1.51. The average Bonchev–Trinajstić information content (AvgIpc) is 3.32. The first-order valence-electron chi connectivity index (χ1n) is 7.75. The Labute approximate surface area is 121 Å². The molecule has 2 saturated carbocycles. The number of carbonyl (C=O) groups excluding carboxylic acids is 1. The molecule has 0 spiro atoms. The maximum Gasteiger partial charge on any atom is 0.254 e. The van der Waals surface area contributed by atoms with Gasteiger partial charge in [-0.15, -0.1) is 0 Å². The van der Waals surface area contributed by atoms with Crippen molar-refractivity contribution in [1.82, 2.24) is 4.90 Å². The lowest BCUT2D eigenvalue weighted by Gasteiger charge is -2.23. The summed E-state index contributed by atoms with van der Waals surface area (Å²) in [6, 6.07) is 6.02. The zero-order chi connectivity index (χ0) is 14.1. The molecule has 0 atom stereocenters. The van der Waals surface area contributed by atoms with Crippen molar-refractivity contribution in [3.63, 3.8) is 0 Å². The first-order valence-corrected chi connectivity index (χ1v) is 7.75. The van der Waals surface area contributed by atoms with Crippen molar-refractivity contribution in [2.75, 3.05) is 25.5 Å². The van der Waals surface area contributed by atoms with E-state index in [4.69, 9.17) is 0 Å². The molecule has 0 heterocycles. The van der Waals surface area contributed by atoms with Gasteiger partial charge in [0.2, 0.25) is 0 Å². The third-order valence-electron chi connectivity index (χ3n) is 4.38. The molecule has 0 unspecified atom stereocenters. The van der Waals surface area contributed by atoms with Crippen LogP contribution in [0.2, 0.25) is 0 Å². The van der Waals surface area contributed by atoms with E-state index in [1.165, 1.54) is 25.7 Å².